The van der Waals surface area contributed by atoms with E-state index in [-0.39, 0.29) is 18.4 Å². The molecule has 2 aliphatic heterocycles. The van der Waals surface area contributed by atoms with E-state index in [0.29, 0.717) is 23.5 Å². The van der Waals surface area contributed by atoms with Gasteiger partial charge < -0.3 is 10.2 Å². The zero-order valence-corrected chi connectivity index (χ0v) is 12.0. The van der Waals surface area contributed by atoms with Crippen LogP contribution < -0.4 is 10.6 Å². The van der Waals surface area contributed by atoms with Gasteiger partial charge in [-0.15, -0.1) is 11.3 Å². The molecule has 7 nitrogen and oxygen atoms in total. The number of aromatic nitrogens is 1. The average molecular weight is 294 g/mol. The van der Waals surface area contributed by atoms with Gasteiger partial charge in [0.2, 0.25) is 0 Å². The van der Waals surface area contributed by atoms with E-state index in [4.69, 9.17) is 0 Å². The molecule has 2 N–H and O–H groups in total. The number of urea groups is 1. The molecule has 0 saturated carbocycles. The number of hydrogen-bond donors (Lipinski definition) is 2. The van der Waals surface area contributed by atoms with Gasteiger partial charge in [0, 0.05) is 6.54 Å². The fourth-order valence-corrected chi connectivity index (χ4v) is 3.56. The van der Waals surface area contributed by atoms with Crippen molar-refractivity contribution >= 4 is 29.2 Å². The quantitative estimate of drug-likeness (QED) is 0.723. The van der Waals surface area contributed by atoms with Gasteiger partial charge in [-0.1, -0.05) is 0 Å². The maximum absolute atomic E-state index is 12.5. The molecule has 1 aromatic rings. The highest BCUT2D eigenvalue weighted by Gasteiger charge is 2.51. The summed E-state index contributed by atoms with van der Waals surface area (Å²) in [5.74, 6) is -0.478. The van der Waals surface area contributed by atoms with Crippen molar-refractivity contribution in [3.8, 4) is 0 Å². The Morgan fingerprint density at radius 1 is 1.40 bits per heavy atom. The average Bonchev–Trinajstić information content (AvgIpc) is 3.00. The first-order chi connectivity index (χ1) is 9.41. The first kappa shape index (κ1) is 13.0. The van der Waals surface area contributed by atoms with Crippen molar-refractivity contribution < 1.29 is 14.4 Å². The minimum absolute atomic E-state index is 0.126. The molecule has 4 amide bonds. The molecule has 1 aromatic heterocycles. The van der Waals surface area contributed by atoms with Gasteiger partial charge in [-0.2, -0.15) is 0 Å². The van der Waals surface area contributed by atoms with Crippen LogP contribution in [-0.2, 0) is 4.79 Å². The summed E-state index contributed by atoms with van der Waals surface area (Å²) in [6, 6.07) is -0.492. The Kier molecular flexibility index (Phi) is 2.79. The molecule has 3 rings (SSSR count). The van der Waals surface area contributed by atoms with Gasteiger partial charge in [0.05, 0.1) is 17.2 Å². The summed E-state index contributed by atoms with van der Waals surface area (Å²) in [6.07, 6.45) is 0.438. The minimum atomic E-state index is -0.958. The molecule has 8 heteroatoms. The predicted octanol–water partition coefficient (Wildman–Crippen LogP) is 0.184. The predicted molar refractivity (Wildman–Crippen MR) is 71.5 cm³/mol. The van der Waals surface area contributed by atoms with E-state index in [9.17, 15) is 14.4 Å². The van der Waals surface area contributed by atoms with Crippen LogP contribution >= 0.6 is 11.3 Å². The van der Waals surface area contributed by atoms with E-state index in [0.717, 1.165) is 5.01 Å². The van der Waals surface area contributed by atoms with Gasteiger partial charge in [0.1, 0.15) is 10.4 Å². The van der Waals surface area contributed by atoms with Crippen LogP contribution in [0.1, 0.15) is 26.8 Å². The molecule has 2 fully saturated rings. The van der Waals surface area contributed by atoms with Gasteiger partial charge in [-0.05, 0) is 20.3 Å². The van der Waals surface area contributed by atoms with E-state index < -0.39 is 11.6 Å². The van der Waals surface area contributed by atoms with Crippen molar-refractivity contribution in [2.75, 3.05) is 13.1 Å². The smallest absolute Gasteiger partial charge is 0.322 e. The highest BCUT2D eigenvalue weighted by Crippen LogP contribution is 2.28. The molecule has 20 heavy (non-hydrogen) atoms. The SMILES string of the molecule is Cc1nc(C)c(C(=O)N2CCC3(C2)NC(=O)NC3=O)s1. The number of rotatable bonds is 1. The number of imide groups is 1. The summed E-state index contributed by atoms with van der Waals surface area (Å²) in [4.78, 5) is 42.0. The van der Waals surface area contributed by atoms with Crippen molar-refractivity contribution in [3.05, 3.63) is 15.6 Å². The zero-order chi connectivity index (χ0) is 14.5. The third kappa shape index (κ3) is 1.87. The van der Waals surface area contributed by atoms with Crippen LogP contribution in [0.2, 0.25) is 0 Å². The Morgan fingerprint density at radius 3 is 2.70 bits per heavy atom. The van der Waals surface area contributed by atoms with Crippen LogP contribution in [0.4, 0.5) is 4.79 Å². The van der Waals surface area contributed by atoms with Crippen LogP contribution in [-0.4, -0.2) is 46.4 Å². The number of nitrogens with zero attached hydrogens (tertiary/aromatic N) is 2. The van der Waals surface area contributed by atoms with E-state index in [2.05, 4.69) is 15.6 Å². The molecule has 0 radical (unpaired) electrons. The summed E-state index contributed by atoms with van der Waals surface area (Å²) < 4.78 is 0. The Morgan fingerprint density at radius 2 is 2.15 bits per heavy atom. The second-order valence-corrected chi connectivity index (χ2v) is 6.32. The summed E-state index contributed by atoms with van der Waals surface area (Å²) in [6.45, 7) is 4.31. The molecule has 106 valence electrons. The van der Waals surface area contributed by atoms with Crippen LogP contribution in [0.15, 0.2) is 0 Å². The van der Waals surface area contributed by atoms with E-state index in [1.54, 1.807) is 11.8 Å². The first-order valence-corrected chi connectivity index (χ1v) is 7.10. The number of nitrogens with one attached hydrogen (secondary N) is 2. The second-order valence-electron chi connectivity index (χ2n) is 5.11. The molecule has 1 atom stereocenters. The lowest BCUT2D eigenvalue weighted by Gasteiger charge is -2.20. The molecule has 2 saturated heterocycles. The Balaban J connectivity index is 1.81. The molecule has 1 spiro atoms. The van der Waals surface area contributed by atoms with Crippen molar-refractivity contribution in [1.29, 1.82) is 0 Å². The number of carbonyl (C=O) groups is 3. The van der Waals surface area contributed by atoms with Crippen LogP contribution in [0, 0.1) is 13.8 Å². The molecular formula is C12H14N4O3S. The van der Waals surface area contributed by atoms with Crippen molar-refractivity contribution in [2.45, 2.75) is 25.8 Å². The van der Waals surface area contributed by atoms with E-state index in [1.165, 1.54) is 11.3 Å². The third-order valence-corrected chi connectivity index (χ3v) is 4.73. The maximum Gasteiger partial charge on any atom is 0.322 e. The lowest BCUT2D eigenvalue weighted by molar-refractivity contribution is -0.123. The van der Waals surface area contributed by atoms with E-state index in [1.807, 2.05) is 6.92 Å². The minimum Gasteiger partial charge on any atom is -0.335 e. The zero-order valence-electron chi connectivity index (χ0n) is 11.1. The monoisotopic (exact) mass is 294 g/mol. The highest BCUT2D eigenvalue weighted by molar-refractivity contribution is 7.13. The molecular weight excluding hydrogens is 280 g/mol. The second kappa shape index (κ2) is 4.27. The Hall–Kier alpha value is -1.96. The molecule has 2 aliphatic rings. The summed E-state index contributed by atoms with van der Waals surface area (Å²) in [5.41, 5.74) is -0.251. The molecule has 1 unspecified atom stereocenters. The molecule has 0 aromatic carbocycles. The van der Waals surface area contributed by atoms with Crippen molar-refractivity contribution in [2.24, 2.45) is 0 Å². The van der Waals surface area contributed by atoms with Crippen LogP contribution in [0.25, 0.3) is 0 Å². The molecule has 3 heterocycles. The van der Waals surface area contributed by atoms with Crippen molar-refractivity contribution in [1.82, 2.24) is 20.5 Å². The summed E-state index contributed by atoms with van der Waals surface area (Å²) in [5, 5.41) is 5.70. The van der Waals surface area contributed by atoms with E-state index >= 15 is 0 Å². The summed E-state index contributed by atoms with van der Waals surface area (Å²) >= 11 is 1.35. The largest absolute Gasteiger partial charge is 0.335 e. The first-order valence-electron chi connectivity index (χ1n) is 6.28. The Labute approximate surface area is 119 Å². The standard InChI is InChI=1S/C12H14N4O3S/c1-6-8(20-7(2)13-6)9(17)16-4-3-12(5-16)10(18)14-11(19)15-12/h3-5H2,1-2H3,(H2,14,15,18,19). The third-order valence-electron chi connectivity index (χ3n) is 3.67. The number of carbonyl (C=O) groups excluding carboxylic acids is 3. The number of aryl methyl sites for hydroxylation is 2. The van der Waals surface area contributed by atoms with Crippen LogP contribution in [0.3, 0.4) is 0 Å². The topological polar surface area (TPSA) is 91.4 Å². The summed E-state index contributed by atoms with van der Waals surface area (Å²) in [7, 11) is 0. The van der Waals surface area contributed by atoms with Gasteiger partial charge in [0.25, 0.3) is 11.8 Å². The number of amides is 4. The normalized spacial score (nSPS) is 25.2. The fraction of sp³-hybridized carbons (Fsp3) is 0.500. The molecule has 0 bridgehead atoms. The fourth-order valence-electron chi connectivity index (χ4n) is 2.67. The van der Waals surface area contributed by atoms with Crippen molar-refractivity contribution in [3.63, 3.8) is 0 Å². The van der Waals surface area contributed by atoms with Gasteiger partial charge in [-0.25, -0.2) is 9.78 Å². The number of hydrogen-bond acceptors (Lipinski definition) is 5. The van der Waals surface area contributed by atoms with Gasteiger partial charge in [-0.3, -0.25) is 14.9 Å². The van der Waals surface area contributed by atoms with Crippen LogP contribution in [0.5, 0.6) is 0 Å². The van der Waals surface area contributed by atoms with Gasteiger partial charge in [0.15, 0.2) is 0 Å². The lowest BCUT2D eigenvalue weighted by Crippen LogP contribution is -2.49. The Bertz CT molecular complexity index is 626. The maximum atomic E-state index is 12.5. The number of thiazole rings is 1. The number of likely N-dealkylation sites (tertiary alicyclic amines) is 1. The van der Waals surface area contributed by atoms with Gasteiger partial charge >= 0.3 is 6.03 Å². The lowest BCUT2D eigenvalue weighted by atomic mass is 10.00. The molecule has 0 aliphatic carbocycles. The highest BCUT2D eigenvalue weighted by atomic mass is 32.1.